The number of amides is 1. The summed E-state index contributed by atoms with van der Waals surface area (Å²) < 4.78 is 106. The van der Waals surface area contributed by atoms with Gasteiger partial charge in [-0.05, 0) is 59.9 Å². The number of ether oxygens (including phenoxy) is 1. The Kier molecular flexibility index (Phi) is 8.22. The minimum atomic E-state index is -4.91. The molecule has 1 atom stereocenters. The largest absolute Gasteiger partial charge is 0.506 e. The Balaban J connectivity index is 1.57. The minimum absolute atomic E-state index is 0.0750. The van der Waals surface area contributed by atoms with Crippen LogP contribution < -0.4 is 15.0 Å². The molecular formula is C35H29F5N2O5S. The maximum Gasteiger partial charge on any atom is 0.416 e. The molecular weight excluding hydrogens is 655 g/mol. The summed E-state index contributed by atoms with van der Waals surface area (Å²) >= 11 is 0. The van der Waals surface area contributed by atoms with E-state index in [1.165, 1.54) is 30.3 Å². The molecule has 0 bridgehead atoms. The molecule has 6 rings (SSSR count). The molecule has 250 valence electrons. The first-order chi connectivity index (χ1) is 22.6. The number of allylic oxidation sites excluding steroid dienone is 1. The highest BCUT2D eigenvalue weighted by Gasteiger charge is 2.48. The smallest absolute Gasteiger partial charge is 0.416 e. The molecule has 0 radical (unpaired) electrons. The number of benzene rings is 4. The third-order valence-corrected chi connectivity index (χ3v) is 10.5. The monoisotopic (exact) mass is 684 g/mol. The van der Waals surface area contributed by atoms with Crippen LogP contribution in [0.15, 0.2) is 95.5 Å². The van der Waals surface area contributed by atoms with Crippen LogP contribution in [0.3, 0.4) is 0 Å². The van der Waals surface area contributed by atoms with Gasteiger partial charge in [-0.3, -0.25) is 9.69 Å². The maximum absolute atomic E-state index is 16.3. The molecule has 2 aliphatic heterocycles. The molecule has 0 fully saturated rings. The third-order valence-electron chi connectivity index (χ3n) is 8.19. The molecule has 0 saturated heterocycles. The van der Waals surface area contributed by atoms with E-state index in [4.69, 9.17) is 4.74 Å². The first-order valence-electron chi connectivity index (χ1n) is 14.8. The van der Waals surface area contributed by atoms with Gasteiger partial charge in [-0.15, -0.1) is 0 Å². The van der Waals surface area contributed by atoms with Gasteiger partial charge >= 0.3 is 6.18 Å². The van der Waals surface area contributed by atoms with Gasteiger partial charge in [-0.25, -0.2) is 17.2 Å². The number of halogens is 5. The lowest BCUT2D eigenvalue weighted by atomic mass is 9.88. The number of sulfone groups is 1. The van der Waals surface area contributed by atoms with E-state index in [0.29, 0.717) is 12.1 Å². The number of nitrogens with zero attached hydrogens (tertiary/aromatic N) is 1. The van der Waals surface area contributed by atoms with Crippen molar-refractivity contribution >= 4 is 27.1 Å². The second kappa shape index (κ2) is 12.0. The van der Waals surface area contributed by atoms with E-state index in [9.17, 15) is 31.5 Å². The average molecular weight is 685 g/mol. The predicted molar refractivity (Wildman–Crippen MR) is 169 cm³/mol. The van der Waals surface area contributed by atoms with Gasteiger partial charge in [-0.2, -0.15) is 13.2 Å². The summed E-state index contributed by atoms with van der Waals surface area (Å²) in [5.41, 5.74) is -2.71. The Morgan fingerprint density at radius 1 is 0.979 bits per heavy atom. The number of alkyl halides is 3. The van der Waals surface area contributed by atoms with Crippen LogP contribution in [-0.4, -0.2) is 25.2 Å². The summed E-state index contributed by atoms with van der Waals surface area (Å²) in [6.07, 6.45) is -4.81. The van der Waals surface area contributed by atoms with Gasteiger partial charge in [0.25, 0.3) is 5.91 Å². The number of phenolic OH excluding ortho intramolecular Hbond substituents is 1. The number of fused-ring (bicyclic) bond motifs is 1. The van der Waals surface area contributed by atoms with Crippen molar-refractivity contribution in [3.05, 3.63) is 129 Å². The number of carbonyl (C=O) groups excluding carboxylic acids is 1. The van der Waals surface area contributed by atoms with E-state index in [-0.39, 0.29) is 47.5 Å². The molecule has 2 aliphatic rings. The Bertz CT molecular complexity index is 2060. The Hall–Kier alpha value is -4.91. The summed E-state index contributed by atoms with van der Waals surface area (Å²) in [4.78, 5) is 14.8. The van der Waals surface area contributed by atoms with E-state index in [1.807, 2.05) is 18.2 Å². The lowest BCUT2D eigenvalue weighted by Gasteiger charge is -2.37. The number of hydrogen-bond acceptors (Lipinski definition) is 6. The lowest BCUT2D eigenvalue weighted by molar-refractivity contribution is -0.137. The van der Waals surface area contributed by atoms with Gasteiger partial charge in [-0.1, -0.05) is 50.2 Å². The van der Waals surface area contributed by atoms with Crippen LogP contribution in [0.1, 0.15) is 53.4 Å². The third kappa shape index (κ3) is 6.21. The van der Waals surface area contributed by atoms with Crippen LogP contribution in [0.2, 0.25) is 0 Å². The SMILES string of the molecule is CC1(C)CC2=C(C(c3ccc(OCc4ccccc4)cc3F)N(C(=O)c3ccc(C(F)(F)F)cc3F)c3cccc(O)c3N2)S(=O)(=O)C1. The molecule has 0 aromatic heterocycles. The van der Waals surface area contributed by atoms with Crippen LogP contribution in [0.4, 0.5) is 33.3 Å². The fraction of sp³-hybridized carbons (Fsp3) is 0.229. The number of aromatic hydroxyl groups is 1. The van der Waals surface area contributed by atoms with Crippen molar-refractivity contribution in [1.29, 1.82) is 0 Å². The molecule has 1 unspecified atom stereocenters. The van der Waals surface area contributed by atoms with Gasteiger partial charge in [0.05, 0.1) is 27.5 Å². The quantitative estimate of drug-likeness (QED) is 0.163. The zero-order chi connectivity index (χ0) is 34.6. The summed E-state index contributed by atoms with van der Waals surface area (Å²) in [7, 11) is -4.30. The number of nitrogens with one attached hydrogen (secondary N) is 1. The van der Waals surface area contributed by atoms with Crippen molar-refractivity contribution in [3.8, 4) is 11.5 Å². The van der Waals surface area contributed by atoms with E-state index in [1.54, 1.807) is 26.0 Å². The highest BCUT2D eigenvalue weighted by atomic mass is 32.2. The number of anilines is 2. The minimum Gasteiger partial charge on any atom is -0.506 e. The number of carbonyl (C=O) groups is 1. The fourth-order valence-electron chi connectivity index (χ4n) is 6.16. The summed E-state index contributed by atoms with van der Waals surface area (Å²) in [6, 6.07) is 16.2. The van der Waals surface area contributed by atoms with Crippen molar-refractivity contribution in [2.24, 2.45) is 5.41 Å². The highest BCUT2D eigenvalue weighted by molar-refractivity contribution is 7.95. The highest BCUT2D eigenvalue weighted by Crippen LogP contribution is 2.52. The van der Waals surface area contributed by atoms with E-state index in [2.05, 4.69) is 5.32 Å². The maximum atomic E-state index is 16.3. The van der Waals surface area contributed by atoms with Gasteiger partial charge in [0, 0.05) is 17.3 Å². The van der Waals surface area contributed by atoms with Crippen LogP contribution >= 0.6 is 0 Å². The van der Waals surface area contributed by atoms with Crippen molar-refractivity contribution in [3.63, 3.8) is 0 Å². The molecule has 13 heteroatoms. The van der Waals surface area contributed by atoms with Crippen molar-refractivity contribution in [2.75, 3.05) is 16.0 Å². The molecule has 1 amide bonds. The zero-order valence-electron chi connectivity index (χ0n) is 25.6. The standard InChI is InChI=1S/C35H29F5N2O5S/c1-34(2)17-27-32(48(45,46)19-34)31(23-14-12-22(16-26(23)37)47-18-20-7-4-3-5-8-20)42(28-9-6-10-29(43)30(28)41-27)33(44)24-13-11-21(15-25(24)36)35(38,39)40/h3-16,31,41,43H,17-19H2,1-2H3. The van der Waals surface area contributed by atoms with Crippen LogP contribution in [0, 0.1) is 17.0 Å². The van der Waals surface area contributed by atoms with Crippen molar-refractivity contribution in [2.45, 2.75) is 39.1 Å². The van der Waals surface area contributed by atoms with Crippen LogP contribution in [0.25, 0.3) is 0 Å². The molecule has 0 saturated carbocycles. The van der Waals surface area contributed by atoms with Gasteiger partial charge in [0.2, 0.25) is 0 Å². The second-order valence-electron chi connectivity index (χ2n) is 12.5. The van der Waals surface area contributed by atoms with Gasteiger partial charge in [0.15, 0.2) is 9.84 Å². The number of rotatable bonds is 5. The number of para-hydroxylation sites is 1. The van der Waals surface area contributed by atoms with Crippen molar-refractivity contribution < 1.29 is 45.0 Å². The van der Waals surface area contributed by atoms with E-state index in [0.717, 1.165) is 16.5 Å². The predicted octanol–water partition coefficient (Wildman–Crippen LogP) is 8.14. The Labute approximate surface area is 273 Å². The first kappa shape index (κ1) is 33.0. The van der Waals surface area contributed by atoms with E-state index >= 15 is 8.78 Å². The second-order valence-corrected chi connectivity index (χ2v) is 14.4. The topological polar surface area (TPSA) is 95.9 Å². The summed E-state index contributed by atoms with van der Waals surface area (Å²) in [5.74, 6) is -4.46. The normalized spacial score (nSPS) is 18.3. The fourth-order valence-corrected chi connectivity index (χ4v) is 8.52. The van der Waals surface area contributed by atoms with Crippen LogP contribution in [0.5, 0.6) is 11.5 Å². The lowest BCUT2D eigenvalue weighted by Crippen LogP contribution is -2.41. The van der Waals surface area contributed by atoms with Gasteiger partial charge < -0.3 is 15.2 Å². The number of phenols is 1. The Morgan fingerprint density at radius 2 is 1.71 bits per heavy atom. The molecule has 2 N–H and O–H groups in total. The summed E-state index contributed by atoms with van der Waals surface area (Å²) in [5, 5.41) is 13.9. The molecule has 48 heavy (non-hydrogen) atoms. The molecule has 2 heterocycles. The van der Waals surface area contributed by atoms with Crippen molar-refractivity contribution in [1.82, 2.24) is 0 Å². The molecule has 0 aliphatic carbocycles. The molecule has 7 nitrogen and oxygen atoms in total. The van der Waals surface area contributed by atoms with Gasteiger partial charge in [0.1, 0.15) is 41.5 Å². The molecule has 0 spiro atoms. The molecule has 4 aromatic rings. The summed E-state index contributed by atoms with van der Waals surface area (Å²) in [6.45, 7) is 3.51. The number of hydrogen-bond donors (Lipinski definition) is 2. The van der Waals surface area contributed by atoms with Crippen LogP contribution in [-0.2, 0) is 22.6 Å². The molecule has 4 aromatic carbocycles. The average Bonchev–Trinajstić information content (AvgIpc) is 3.14. The first-order valence-corrected chi connectivity index (χ1v) is 16.4. The van der Waals surface area contributed by atoms with E-state index < -0.39 is 72.5 Å². The zero-order valence-corrected chi connectivity index (χ0v) is 26.4. The Morgan fingerprint density at radius 3 is 2.38 bits per heavy atom.